The lowest BCUT2D eigenvalue weighted by Crippen LogP contribution is -3.22. The molecule has 0 rings (SSSR count). The quantitative estimate of drug-likeness (QED) is 0.231. The van der Waals surface area contributed by atoms with E-state index >= 15 is 0 Å². The monoisotopic (exact) mass is 119 g/mol. The van der Waals surface area contributed by atoms with Crippen molar-refractivity contribution in [3.05, 3.63) is 5.21 Å². The summed E-state index contributed by atoms with van der Waals surface area (Å²) in [4.78, 5) is 0. The van der Waals surface area contributed by atoms with E-state index in [9.17, 15) is 5.21 Å². The van der Waals surface area contributed by atoms with Gasteiger partial charge in [0, 0.05) is 13.3 Å². The van der Waals surface area contributed by atoms with E-state index in [-0.39, 0.29) is 0 Å². The maximum atomic E-state index is 10.3. The Morgan fingerprint density at radius 2 is 2.12 bits per heavy atom. The molecule has 0 aromatic carbocycles. The second-order valence-corrected chi connectivity index (χ2v) is 2.14. The van der Waals surface area contributed by atoms with E-state index in [1.807, 2.05) is 6.92 Å². The van der Waals surface area contributed by atoms with Crippen molar-refractivity contribution in [2.24, 2.45) is 11.6 Å². The van der Waals surface area contributed by atoms with Gasteiger partial charge in [0.05, 0.1) is 0 Å². The molecule has 0 aromatic heterocycles. The first-order chi connectivity index (χ1) is 3.50. The van der Waals surface area contributed by atoms with Crippen molar-refractivity contribution in [1.82, 2.24) is 0 Å². The van der Waals surface area contributed by atoms with Gasteiger partial charge in [-0.1, -0.05) is 6.92 Å². The molecule has 0 aromatic rings. The Hall–Kier alpha value is -0.160. The van der Waals surface area contributed by atoms with Crippen molar-refractivity contribution in [1.29, 1.82) is 0 Å². The van der Waals surface area contributed by atoms with E-state index in [0.29, 0.717) is 6.42 Å². The molecule has 50 valence electrons. The highest BCUT2D eigenvalue weighted by Gasteiger charge is 2.20. The normalized spacial score (nSPS) is 22.1. The standard InChI is InChI=1S/C4H13N3O/c1-3-4(2,5)7(6)8/h7H,3,5-6H2,1-2H3. The molecule has 0 saturated carbocycles. The van der Waals surface area contributed by atoms with Gasteiger partial charge in [0.25, 0.3) is 0 Å². The first-order valence-electron chi connectivity index (χ1n) is 2.59. The highest BCUT2D eigenvalue weighted by Crippen LogP contribution is 1.90. The van der Waals surface area contributed by atoms with Gasteiger partial charge >= 0.3 is 0 Å². The molecule has 0 radical (unpaired) electrons. The number of nitrogens with one attached hydrogen (secondary N) is 1. The number of quaternary nitrogens is 1. The Bertz CT molecular complexity index is 71.7. The Labute approximate surface area is 49.0 Å². The van der Waals surface area contributed by atoms with Crippen LogP contribution in [0, 0.1) is 5.21 Å². The van der Waals surface area contributed by atoms with E-state index in [2.05, 4.69) is 0 Å². The summed E-state index contributed by atoms with van der Waals surface area (Å²) in [6.45, 7) is 3.44. The Balaban J connectivity index is 3.71. The SMILES string of the molecule is CCC(C)(N)[NH+](N)[O-]. The molecule has 0 fully saturated rings. The highest BCUT2D eigenvalue weighted by atomic mass is 16.5. The molecule has 4 heteroatoms. The maximum absolute atomic E-state index is 10.3. The average molecular weight is 119 g/mol. The third-order valence-corrected chi connectivity index (χ3v) is 1.30. The van der Waals surface area contributed by atoms with Crippen molar-refractivity contribution >= 4 is 0 Å². The summed E-state index contributed by atoms with van der Waals surface area (Å²) in [5, 5.41) is 9.90. The Kier molecular flexibility index (Phi) is 2.36. The third kappa shape index (κ3) is 1.75. The van der Waals surface area contributed by atoms with E-state index in [0.717, 1.165) is 0 Å². The largest absolute Gasteiger partial charge is 0.612 e. The van der Waals surface area contributed by atoms with Gasteiger partial charge in [-0.3, -0.25) is 10.9 Å². The van der Waals surface area contributed by atoms with Gasteiger partial charge in [0.1, 0.15) is 0 Å². The summed E-state index contributed by atoms with van der Waals surface area (Å²) in [5.41, 5.74) is 4.56. The van der Waals surface area contributed by atoms with E-state index in [4.69, 9.17) is 11.6 Å². The van der Waals surface area contributed by atoms with Crippen LogP contribution in [0.15, 0.2) is 0 Å². The molecule has 2 unspecified atom stereocenters. The first kappa shape index (κ1) is 7.84. The van der Waals surface area contributed by atoms with Gasteiger partial charge in [0.2, 0.25) is 0 Å². The Morgan fingerprint density at radius 1 is 1.75 bits per heavy atom. The fraction of sp³-hybridized carbons (Fsp3) is 1.00. The number of hydroxylamine groups is 1. The van der Waals surface area contributed by atoms with Gasteiger partial charge in [0.15, 0.2) is 5.66 Å². The topological polar surface area (TPSA) is 79.5 Å². The second kappa shape index (κ2) is 2.41. The van der Waals surface area contributed by atoms with Crippen LogP contribution < -0.4 is 16.7 Å². The Morgan fingerprint density at radius 3 is 2.12 bits per heavy atom. The lowest BCUT2D eigenvalue weighted by molar-refractivity contribution is -0.915. The molecule has 0 aliphatic heterocycles. The minimum absolute atomic E-state index is 0.444. The molecule has 0 aliphatic rings. The second-order valence-electron chi connectivity index (χ2n) is 2.14. The van der Waals surface area contributed by atoms with Crippen LogP contribution in [-0.2, 0) is 0 Å². The van der Waals surface area contributed by atoms with Crippen molar-refractivity contribution in [2.45, 2.75) is 25.9 Å². The summed E-state index contributed by atoms with van der Waals surface area (Å²) < 4.78 is 0. The number of rotatable bonds is 2. The summed E-state index contributed by atoms with van der Waals surface area (Å²) in [7, 11) is 0. The average Bonchev–Trinajstić information content (AvgIpc) is 1.67. The molecule has 0 amide bonds. The number of hydrogen-bond donors (Lipinski definition) is 3. The van der Waals surface area contributed by atoms with E-state index in [1.165, 1.54) is 0 Å². The molecular weight excluding hydrogens is 106 g/mol. The zero-order valence-electron chi connectivity index (χ0n) is 5.27. The molecule has 0 heterocycles. The fourth-order valence-electron chi connectivity index (χ4n) is 0.174. The minimum Gasteiger partial charge on any atom is -0.612 e. The van der Waals surface area contributed by atoms with Crippen LogP contribution >= 0.6 is 0 Å². The van der Waals surface area contributed by atoms with E-state index < -0.39 is 10.8 Å². The predicted octanol–water partition coefficient (Wildman–Crippen LogP) is -1.67. The molecule has 2 atom stereocenters. The van der Waals surface area contributed by atoms with Gasteiger partial charge in [-0.25, -0.2) is 0 Å². The van der Waals surface area contributed by atoms with Crippen LogP contribution in [0.2, 0.25) is 0 Å². The molecule has 5 N–H and O–H groups in total. The van der Waals surface area contributed by atoms with E-state index in [1.54, 1.807) is 6.92 Å². The molecule has 0 bridgehead atoms. The van der Waals surface area contributed by atoms with Crippen LogP contribution in [-0.4, -0.2) is 5.66 Å². The summed E-state index contributed by atoms with van der Waals surface area (Å²) in [6.07, 6.45) is 0.586. The lowest BCUT2D eigenvalue weighted by Gasteiger charge is -2.31. The summed E-state index contributed by atoms with van der Waals surface area (Å²) >= 11 is 0. The maximum Gasteiger partial charge on any atom is 0.162 e. The van der Waals surface area contributed by atoms with Crippen LogP contribution in [0.25, 0.3) is 0 Å². The summed E-state index contributed by atoms with van der Waals surface area (Å²) in [6, 6.07) is 0. The van der Waals surface area contributed by atoms with Gasteiger partial charge in [-0.05, 0) is 0 Å². The molecular formula is C4H13N3O. The first-order valence-corrected chi connectivity index (χ1v) is 2.59. The van der Waals surface area contributed by atoms with Gasteiger partial charge < -0.3 is 5.21 Å². The lowest BCUT2D eigenvalue weighted by atomic mass is 10.2. The minimum atomic E-state index is -0.819. The zero-order chi connectivity index (χ0) is 6.78. The number of nitrogens with two attached hydrogens (primary N) is 2. The van der Waals surface area contributed by atoms with Crippen molar-refractivity contribution < 1.29 is 5.17 Å². The summed E-state index contributed by atoms with van der Waals surface area (Å²) in [5.74, 6) is 4.92. The fourth-order valence-corrected chi connectivity index (χ4v) is 0.174. The molecule has 4 nitrogen and oxygen atoms in total. The van der Waals surface area contributed by atoms with Gasteiger partial charge in [-0.15, -0.1) is 0 Å². The van der Waals surface area contributed by atoms with Crippen molar-refractivity contribution in [3.63, 3.8) is 0 Å². The molecule has 0 aliphatic carbocycles. The molecule has 0 spiro atoms. The number of hydrogen-bond acceptors (Lipinski definition) is 3. The smallest absolute Gasteiger partial charge is 0.162 e. The molecule has 0 saturated heterocycles. The van der Waals surface area contributed by atoms with Crippen LogP contribution in [0.4, 0.5) is 0 Å². The van der Waals surface area contributed by atoms with Gasteiger partial charge in [-0.2, -0.15) is 5.84 Å². The van der Waals surface area contributed by atoms with Crippen LogP contribution in [0.3, 0.4) is 0 Å². The van der Waals surface area contributed by atoms with Crippen LogP contribution in [0.1, 0.15) is 20.3 Å². The molecule has 8 heavy (non-hydrogen) atoms. The van der Waals surface area contributed by atoms with Crippen molar-refractivity contribution in [3.8, 4) is 0 Å². The van der Waals surface area contributed by atoms with Crippen LogP contribution in [0.5, 0.6) is 0 Å². The predicted molar refractivity (Wildman–Crippen MR) is 31.4 cm³/mol. The third-order valence-electron chi connectivity index (χ3n) is 1.30. The zero-order valence-corrected chi connectivity index (χ0v) is 5.27. The van der Waals surface area contributed by atoms with Crippen molar-refractivity contribution in [2.75, 3.05) is 0 Å². The highest BCUT2D eigenvalue weighted by molar-refractivity contribution is 4.58.